The number of benzene rings is 1. The van der Waals surface area contributed by atoms with Crippen molar-refractivity contribution in [1.29, 1.82) is 0 Å². The van der Waals surface area contributed by atoms with Crippen LogP contribution in [0.5, 0.6) is 0 Å². The van der Waals surface area contributed by atoms with Gasteiger partial charge >= 0.3 is 0 Å². The lowest BCUT2D eigenvalue weighted by Gasteiger charge is -2.15. The van der Waals surface area contributed by atoms with Crippen LogP contribution in [0.25, 0.3) is 0 Å². The predicted octanol–water partition coefficient (Wildman–Crippen LogP) is 2.03. The van der Waals surface area contributed by atoms with Crippen molar-refractivity contribution in [2.75, 3.05) is 0 Å². The largest absolute Gasteiger partial charge is 0.392 e. The van der Waals surface area contributed by atoms with Crippen molar-refractivity contribution >= 4 is 23.1 Å². The van der Waals surface area contributed by atoms with Gasteiger partial charge in [0.2, 0.25) is 5.91 Å². The number of rotatable bonds is 5. The highest BCUT2D eigenvalue weighted by molar-refractivity contribution is 7.80. The van der Waals surface area contributed by atoms with Gasteiger partial charge in [-0.1, -0.05) is 37.3 Å². The molecule has 1 unspecified atom stereocenters. The lowest BCUT2D eigenvalue weighted by molar-refractivity contribution is -0.120. The fourth-order valence-electron chi connectivity index (χ4n) is 1.72. The first kappa shape index (κ1) is 14.6. The Morgan fingerprint density at radius 1 is 1.39 bits per heavy atom. The number of hydrogen-bond acceptors (Lipinski definition) is 2. The monoisotopic (exact) mass is 264 g/mol. The zero-order valence-corrected chi connectivity index (χ0v) is 11.9. The minimum absolute atomic E-state index is 0.0436. The van der Waals surface area contributed by atoms with Crippen LogP contribution in [0.15, 0.2) is 18.2 Å². The zero-order valence-electron chi connectivity index (χ0n) is 11.1. The van der Waals surface area contributed by atoms with E-state index in [9.17, 15) is 4.79 Å². The van der Waals surface area contributed by atoms with Crippen LogP contribution in [0.1, 0.15) is 30.0 Å². The molecule has 4 heteroatoms. The number of amides is 1. The first-order valence-corrected chi connectivity index (χ1v) is 6.49. The molecule has 0 saturated carbocycles. The second kappa shape index (κ2) is 6.50. The summed E-state index contributed by atoms with van der Waals surface area (Å²) in [4.78, 5) is 12.2. The molecule has 1 rings (SSSR count). The Morgan fingerprint density at radius 2 is 2.06 bits per heavy atom. The molecule has 0 radical (unpaired) electrons. The summed E-state index contributed by atoms with van der Waals surface area (Å²) in [5.74, 6) is -0.0436. The molecule has 1 atom stereocenters. The number of aryl methyl sites for hydroxylation is 2. The highest BCUT2D eigenvalue weighted by Crippen LogP contribution is 2.10. The average molecular weight is 264 g/mol. The van der Waals surface area contributed by atoms with Gasteiger partial charge < -0.3 is 11.1 Å². The molecule has 0 aromatic heterocycles. The maximum atomic E-state index is 11.9. The lowest BCUT2D eigenvalue weighted by atomic mass is 10.0. The summed E-state index contributed by atoms with van der Waals surface area (Å²) in [6.07, 6.45) is 1.08. The molecule has 1 amide bonds. The molecule has 18 heavy (non-hydrogen) atoms. The van der Waals surface area contributed by atoms with Crippen LogP contribution >= 0.6 is 12.2 Å². The molecular formula is C14H20N2OS. The standard InChI is InChI=1S/C14H20N2OS/c1-4-12(14(15)18)16-13(17)8-11-6-5-9(2)10(3)7-11/h5-7,12H,4,8H2,1-3H3,(H2,15,18)(H,16,17). The molecular weight excluding hydrogens is 244 g/mol. The fraction of sp³-hybridized carbons (Fsp3) is 0.429. The van der Waals surface area contributed by atoms with E-state index in [1.807, 2.05) is 32.0 Å². The van der Waals surface area contributed by atoms with Crippen LogP contribution in [-0.2, 0) is 11.2 Å². The third-order valence-corrected chi connectivity index (χ3v) is 3.31. The van der Waals surface area contributed by atoms with Crippen LogP contribution in [0.2, 0.25) is 0 Å². The van der Waals surface area contributed by atoms with Gasteiger partial charge in [0, 0.05) is 0 Å². The Morgan fingerprint density at radius 3 is 2.56 bits per heavy atom. The normalized spacial score (nSPS) is 11.9. The summed E-state index contributed by atoms with van der Waals surface area (Å²) >= 11 is 4.90. The number of hydrogen-bond donors (Lipinski definition) is 2. The van der Waals surface area contributed by atoms with E-state index >= 15 is 0 Å². The molecule has 1 aromatic rings. The van der Waals surface area contributed by atoms with Crippen LogP contribution in [0.3, 0.4) is 0 Å². The lowest BCUT2D eigenvalue weighted by Crippen LogP contribution is -2.43. The van der Waals surface area contributed by atoms with E-state index in [-0.39, 0.29) is 11.9 Å². The van der Waals surface area contributed by atoms with Crippen molar-refractivity contribution in [3.8, 4) is 0 Å². The van der Waals surface area contributed by atoms with E-state index in [1.54, 1.807) is 0 Å². The van der Waals surface area contributed by atoms with Crippen molar-refractivity contribution in [2.45, 2.75) is 39.7 Å². The van der Waals surface area contributed by atoms with Gasteiger partial charge in [0.25, 0.3) is 0 Å². The average Bonchev–Trinajstić information content (AvgIpc) is 2.30. The van der Waals surface area contributed by atoms with Crippen molar-refractivity contribution in [1.82, 2.24) is 5.32 Å². The third kappa shape index (κ3) is 4.11. The van der Waals surface area contributed by atoms with E-state index in [4.69, 9.17) is 18.0 Å². The summed E-state index contributed by atoms with van der Waals surface area (Å²) < 4.78 is 0. The number of carbonyl (C=O) groups is 1. The molecule has 3 nitrogen and oxygen atoms in total. The summed E-state index contributed by atoms with van der Waals surface area (Å²) in [5.41, 5.74) is 8.98. The Kier molecular flexibility index (Phi) is 5.28. The fourth-order valence-corrected chi connectivity index (χ4v) is 1.94. The SMILES string of the molecule is CCC(NC(=O)Cc1ccc(C)c(C)c1)C(N)=S. The maximum absolute atomic E-state index is 11.9. The summed E-state index contributed by atoms with van der Waals surface area (Å²) in [6, 6.07) is 5.84. The van der Waals surface area contributed by atoms with Gasteiger partial charge in [-0.15, -0.1) is 0 Å². The molecule has 98 valence electrons. The number of carbonyl (C=O) groups excluding carboxylic acids is 1. The Labute approximate surface area is 114 Å². The van der Waals surface area contributed by atoms with Crippen LogP contribution < -0.4 is 11.1 Å². The minimum atomic E-state index is -0.209. The highest BCUT2D eigenvalue weighted by Gasteiger charge is 2.13. The van der Waals surface area contributed by atoms with E-state index < -0.39 is 0 Å². The van der Waals surface area contributed by atoms with Crippen LogP contribution in [0.4, 0.5) is 0 Å². The van der Waals surface area contributed by atoms with Gasteiger partial charge in [-0.05, 0) is 37.0 Å². The van der Waals surface area contributed by atoms with Crippen molar-refractivity contribution in [3.05, 3.63) is 34.9 Å². The van der Waals surface area contributed by atoms with Crippen LogP contribution in [-0.4, -0.2) is 16.9 Å². The molecule has 0 aliphatic heterocycles. The molecule has 0 aliphatic carbocycles. The van der Waals surface area contributed by atoms with Crippen molar-refractivity contribution in [3.63, 3.8) is 0 Å². The highest BCUT2D eigenvalue weighted by atomic mass is 32.1. The van der Waals surface area contributed by atoms with E-state index in [0.29, 0.717) is 17.8 Å². The van der Waals surface area contributed by atoms with Gasteiger partial charge in [0.1, 0.15) is 0 Å². The predicted molar refractivity (Wildman–Crippen MR) is 78.6 cm³/mol. The summed E-state index contributed by atoms with van der Waals surface area (Å²) in [5, 5.41) is 2.84. The topological polar surface area (TPSA) is 55.1 Å². The molecule has 0 aliphatic rings. The molecule has 0 spiro atoms. The second-order valence-electron chi connectivity index (χ2n) is 4.53. The third-order valence-electron chi connectivity index (χ3n) is 3.02. The molecule has 0 bridgehead atoms. The van der Waals surface area contributed by atoms with E-state index in [2.05, 4.69) is 12.2 Å². The molecule has 1 aromatic carbocycles. The van der Waals surface area contributed by atoms with Gasteiger partial charge in [-0.25, -0.2) is 0 Å². The summed E-state index contributed by atoms with van der Waals surface area (Å²) in [7, 11) is 0. The molecule has 0 heterocycles. The Bertz CT molecular complexity index is 457. The smallest absolute Gasteiger partial charge is 0.224 e. The van der Waals surface area contributed by atoms with Gasteiger partial charge in [0.15, 0.2) is 0 Å². The Hall–Kier alpha value is -1.42. The van der Waals surface area contributed by atoms with Crippen molar-refractivity contribution in [2.24, 2.45) is 5.73 Å². The van der Waals surface area contributed by atoms with Crippen molar-refractivity contribution < 1.29 is 4.79 Å². The Balaban J connectivity index is 2.64. The van der Waals surface area contributed by atoms with Gasteiger partial charge in [-0.3, -0.25) is 4.79 Å². The van der Waals surface area contributed by atoms with Gasteiger partial charge in [0.05, 0.1) is 17.5 Å². The van der Waals surface area contributed by atoms with E-state index in [1.165, 1.54) is 11.1 Å². The molecule has 0 fully saturated rings. The maximum Gasteiger partial charge on any atom is 0.224 e. The quantitative estimate of drug-likeness (QED) is 0.800. The first-order chi connectivity index (χ1) is 8.43. The van der Waals surface area contributed by atoms with E-state index in [0.717, 1.165) is 5.56 Å². The van der Waals surface area contributed by atoms with Crippen LogP contribution in [0, 0.1) is 13.8 Å². The number of thiocarbonyl (C=S) groups is 1. The first-order valence-electron chi connectivity index (χ1n) is 6.08. The molecule has 3 N–H and O–H groups in total. The van der Waals surface area contributed by atoms with Gasteiger partial charge in [-0.2, -0.15) is 0 Å². The number of nitrogens with one attached hydrogen (secondary N) is 1. The second-order valence-corrected chi connectivity index (χ2v) is 5.00. The minimum Gasteiger partial charge on any atom is -0.392 e. The number of nitrogens with two attached hydrogens (primary N) is 1. The molecule has 0 saturated heterocycles. The zero-order chi connectivity index (χ0) is 13.7. The summed E-state index contributed by atoms with van der Waals surface area (Å²) in [6.45, 7) is 6.04.